The summed E-state index contributed by atoms with van der Waals surface area (Å²) < 4.78 is 5.47. The van der Waals surface area contributed by atoms with Crippen LogP contribution in [0.4, 0.5) is 0 Å². The van der Waals surface area contributed by atoms with Crippen molar-refractivity contribution in [1.82, 2.24) is 20.0 Å². The van der Waals surface area contributed by atoms with E-state index in [0.29, 0.717) is 18.2 Å². The van der Waals surface area contributed by atoms with Crippen molar-refractivity contribution in [3.63, 3.8) is 0 Å². The molecule has 132 valence electrons. The number of rotatable bonds is 5. The van der Waals surface area contributed by atoms with Gasteiger partial charge in [-0.05, 0) is 44.4 Å². The van der Waals surface area contributed by atoms with Gasteiger partial charge in [-0.3, -0.25) is 14.7 Å². The standard InChI is InChI=1S/C19H24N4O2/c24-18(16-9-3-4-10-20-16)15-8-5-11-23(12-15)13-17-21-19(25-22-17)14-6-1-2-7-14/h3-4,9-10,14-15H,1-2,5-8,11-13H2/t15-/m1/s1. The summed E-state index contributed by atoms with van der Waals surface area (Å²) in [5.41, 5.74) is 0.567. The van der Waals surface area contributed by atoms with E-state index < -0.39 is 0 Å². The quantitative estimate of drug-likeness (QED) is 0.778. The van der Waals surface area contributed by atoms with Crippen LogP contribution in [0.1, 0.15) is 66.6 Å². The molecule has 0 N–H and O–H groups in total. The lowest BCUT2D eigenvalue weighted by Crippen LogP contribution is -2.38. The van der Waals surface area contributed by atoms with E-state index in [4.69, 9.17) is 4.52 Å². The molecular formula is C19H24N4O2. The molecule has 25 heavy (non-hydrogen) atoms. The highest BCUT2D eigenvalue weighted by atomic mass is 16.5. The Balaban J connectivity index is 1.37. The number of hydrogen-bond acceptors (Lipinski definition) is 6. The van der Waals surface area contributed by atoms with Gasteiger partial charge >= 0.3 is 0 Å². The summed E-state index contributed by atoms with van der Waals surface area (Å²) >= 11 is 0. The Morgan fingerprint density at radius 3 is 2.88 bits per heavy atom. The van der Waals surface area contributed by atoms with Crippen molar-refractivity contribution in [1.29, 1.82) is 0 Å². The zero-order valence-corrected chi connectivity index (χ0v) is 14.4. The fourth-order valence-corrected chi connectivity index (χ4v) is 4.00. The fraction of sp³-hybridized carbons (Fsp3) is 0.579. The SMILES string of the molecule is O=C(c1ccccn1)[C@@H]1CCCN(Cc2noc(C3CCCC3)n2)C1. The summed E-state index contributed by atoms with van der Waals surface area (Å²) in [6.07, 6.45) is 8.44. The highest BCUT2D eigenvalue weighted by Crippen LogP contribution is 2.33. The van der Waals surface area contributed by atoms with Crippen molar-refractivity contribution in [2.75, 3.05) is 13.1 Å². The van der Waals surface area contributed by atoms with Crippen LogP contribution in [-0.4, -0.2) is 38.9 Å². The van der Waals surface area contributed by atoms with Crippen LogP contribution in [0.25, 0.3) is 0 Å². The topological polar surface area (TPSA) is 72.1 Å². The van der Waals surface area contributed by atoms with Gasteiger partial charge in [-0.2, -0.15) is 4.98 Å². The van der Waals surface area contributed by atoms with E-state index in [1.165, 1.54) is 12.8 Å². The second kappa shape index (κ2) is 7.44. The first-order chi connectivity index (χ1) is 12.3. The van der Waals surface area contributed by atoms with Crippen molar-refractivity contribution in [2.45, 2.75) is 51.0 Å². The molecule has 1 atom stereocenters. The van der Waals surface area contributed by atoms with Crippen molar-refractivity contribution in [2.24, 2.45) is 5.92 Å². The Hall–Kier alpha value is -2.08. The first kappa shape index (κ1) is 16.4. The van der Waals surface area contributed by atoms with Crippen LogP contribution in [0.2, 0.25) is 0 Å². The second-order valence-corrected chi connectivity index (χ2v) is 7.18. The van der Waals surface area contributed by atoms with E-state index in [-0.39, 0.29) is 11.7 Å². The molecular weight excluding hydrogens is 316 g/mol. The molecule has 2 aromatic rings. The van der Waals surface area contributed by atoms with Gasteiger partial charge in [0.1, 0.15) is 5.69 Å². The smallest absolute Gasteiger partial charge is 0.229 e. The summed E-state index contributed by atoms with van der Waals surface area (Å²) in [6.45, 7) is 2.37. The molecule has 2 aliphatic rings. The molecule has 1 saturated carbocycles. The summed E-state index contributed by atoms with van der Waals surface area (Å²) in [6, 6.07) is 5.50. The molecule has 0 amide bonds. The summed E-state index contributed by atoms with van der Waals surface area (Å²) in [7, 11) is 0. The van der Waals surface area contributed by atoms with Gasteiger partial charge in [0.2, 0.25) is 5.89 Å². The van der Waals surface area contributed by atoms with Gasteiger partial charge in [0.15, 0.2) is 11.6 Å². The summed E-state index contributed by atoms with van der Waals surface area (Å²) in [4.78, 5) is 23.7. The molecule has 6 nitrogen and oxygen atoms in total. The number of pyridine rings is 1. The Labute approximate surface area is 147 Å². The second-order valence-electron chi connectivity index (χ2n) is 7.18. The molecule has 1 aliphatic heterocycles. The summed E-state index contributed by atoms with van der Waals surface area (Å²) in [5, 5.41) is 4.16. The number of hydrogen-bond donors (Lipinski definition) is 0. The fourth-order valence-electron chi connectivity index (χ4n) is 4.00. The molecule has 3 heterocycles. The first-order valence-corrected chi connectivity index (χ1v) is 9.29. The normalized spacial score (nSPS) is 22.3. The molecule has 1 aliphatic carbocycles. The third kappa shape index (κ3) is 3.79. The van der Waals surface area contributed by atoms with Gasteiger partial charge in [-0.25, -0.2) is 0 Å². The maximum atomic E-state index is 12.6. The number of aromatic nitrogens is 3. The average molecular weight is 340 g/mol. The van der Waals surface area contributed by atoms with Gasteiger partial charge in [0, 0.05) is 24.6 Å². The molecule has 0 radical (unpaired) electrons. The van der Waals surface area contributed by atoms with E-state index in [0.717, 1.165) is 50.5 Å². The largest absolute Gasteiger partial charge is 0.339 e. The maximum Gasteiger partial charge on any atom is 0.229 e. The predicted molar refractivity (Wildman–Crippen MR) is 92.1 cm³/mol. The van der Waals surface area contributed by atoms with E-state index in [9.17, 15) is 4.79 Å². The van der Waals surface area contributed by atoms with Crippen LogP contribution >= 0.6 is 0 Å². The minimum Gasteiger partial charge on any atom is -0.339 e. The molecule has 0 spiro atoms. The van der Waals surface area contributed by atoms with Crippen LogP contribution in [0.5, 0.6) is 0 Å². The predicted octanol–water partition coefficient (Wildman–Crippen LogP) is 3.22. The molecule has 0 unspecified atom stereocenters. The lowest BCUT2D eigenvalue weighted by Gasteiger charge is -2.30. The average Bonchev–Trinajstić information content (AvgIpc) is 3.34. The molecule has 0 aromatic carbocycles. The van der Waals surface area contributed by atoms with Crippen molar-refractivity contribution >= 4 is 5.78 Å². The Kier molecular flexibility index (Phi) is 4.88. The van der Waals surface area contributed by atoms with E-state index >= 15 is 0 Å². The number of nitrogens with zero attached hydrogens (tertiary/aromatic N) is 4. The third-order valence-corrected chi connectivity index (χ3v) is 5.35. The van der Waals surface area contributed by atoms with Crippen LogP contribution < -0.4 is 0 Å². The molecule has 2 aromatic heterocycles. The number of Topliss-reactive ketones (excluding diaryl/α,β-unsaturated/α-hetero) is 1. The van der Waals surface area contributed by atoms with E-state index in [2.05, 4.69) is 20.0 Å². The van der Waals surface area contributed by atoms with Crippen LogP contribution in [0.15, 0.2) is 28.9 Å². The zero-order chi connectivity index (χ0) is 17.1. The number of carbonyl (C=O) groups is 1. The van der Waals surface area contributed by atoms with Gasteiger partial charge in [0.25, 0.3) is 0 Å². The lowest BCUT2D eigenvalue weighted by molar-refractivity contribution is 0.0802. The van der Waals surface area contributed by atoms with Gasteiger partial charge in [0.05, 0.1) is 6.54 Å². The van der Waals surface area contributed by atoms with E-state index in [1.54, 1.807) is 12.3 Å². The number of carbonyl (C=O) groups excluding carboxylic acids is 1. The van der Waals surface area contributed by atoms with Gasteiger partial charge in [-0.1, -0.05) is 24.1 Å². The number of ketones is 1. The minimum absolute atomic E-state index is 0.00449. The zero-order valence-electron chi connectivity index (χ0n) is 14.4. The van der Waals surface area contributed by atoms with Crippen LogP contribution in [0.3, 0.4) is 0 Å². The van der Waals surface area contributed by atoms with Crippen molar-refractivity contribution in [3.05, 3.63) is 41.8 Å². The molecule has 0 bridgehead atoms. The number of likely N-dealkylation sites (tertiary alicyclic amines) is 1. The summed E-state index contributed by atoms with van der Waals surface area (Å²) in [5.74, 6) is 2.13. The van der Waals surface area contributed by atoms with E-state index in [1.807, 2.05) is 12.1 Å². The van der Waals surface area contributed by atoms with Gasteiger partial charge in [-0.15, -0.1) is 0 Å². The Bertz CT molecular complexity index is 709. The van der Waals surface area contributed by atoms with Crippen molar-refractivity contribution < 1.29 is 9.32 Å². The monoisotopic (exact) mass is 340 g/mol. The lowest BCUT2D eigenvalue weighted by atomic mass is 9.92. The first-order valence-electron chi connectivity index (χ1n) is 9.29. The molecule has 1 saturated heterocycles. The molecule has 4 rings (SSSR count). The highest BCUT2D eigenvalue weighted by molar-refractivity contribution is 5.96. The van der Waals surface area contributed by atoms with Crippen LogP contribution in [-0.2, 0) is 6.54 Å². The molecule has 6 heteroatoms. The third-order valence-electron chi connectivity index (χ3n) is 5.35. The van der Waals surface area contributed by atoms with Crippen LogP contribution in [0, 0.1) is 5.92 Å². The van der Waals surface area contributed by atoms with Gasteiger partial charge < -0.3 is 4.52 Å². The highest BCUT2D eigenvalue weighted by Gasteiger charge is 2.28. The molecule has 2 fully saturated rings. The number of piperidine rings is 1. The maximum absolute atomic E-state index is 12.6. The minimum atomic E-state index is 0.00449. The Morgan fingerprint density at radius 1 is 1.20 bits per heavy atom. The Morgan fingerprint density at radius 2 is 2.08 bits per heavy atom. The van der Waals surface area contributed by atoms with Crippen molar-refractivity contribution in [3.8, 4) is 0 Å².